The third-order valence-corrected chi connectivity index (χ3v) is 9.43. The van der Waals surface area contributed by atoms with Crippen LogP contribution in [-0.2, 0) is 16.0 Å². The van der Waals surface area contributed by atoms with Crippen LogP contribution in [0.3, 0.4) is 0 Å². The molecule has 2 atom stereocenters. The van der Waals surface area contributed by atoms with Gasteiger partial charge in [0.15, 0.2) is 0 Å². The quantitative estimate of drug-likeness (QED) is 0.288. The molecular formula is C36H43N3O6. The summed E-state index contributed by atoms with van der Waals surface area (Å²) in [4.78, 5) is 34.2. The number of hydrogen-bond acceptors (Lipinski definition) is 7. The highest BCUT2D eigenvalue weighted by Crippen LogP contribution is 2.45. The fourth-order valence-corrected chi connectivity index (χ4v) is 6.73. The van der Waals surface area contributed by atoms with Crippen LogP contribution in [0.2, 0.25) is 0 Å². The molecule has 2 unspecified atom stereocenters. The molecule has 2 aliphatic heterocycles. The molecule has 3 fully saturated rings. The number of anilines is 1. The lowest BCUT2D eigenvalue weighted by Crippen LogP contribution is -2.50. The number of ether oxygens (including phenoxy) is 3. The summed E-state index contributed by atoms with van der Waals surface area (Å²) in [6, 6.07) is 19.8. The minimum absolute atomic E-state index is 0.0157. The number of nitrogens with zero attached hydrogens (tertiary/aromatic N) is 3. The number of carbonyl (C=O) groups excluding carboxylic acids is 1. The molecule has 0 spiro atoms. The summed E-state index contributed by atoms with van der Waals surface area (Å²) in [6.07, 6.45) is 6.62. The number of piperidine rings is 1. The molecular weight excluding hydrogens is 570 g/mol. The van der Waals surface area contributed by atoms with E-state index in [-0.39, 0.29) is 24.3 Å². The summed E-state index contributed by atoms with van der Waals surface area (Å²) in [5.41, 5.74) is 3.79. The molecule has 6 rings (SSSR count). The summed E-state index contributed by atoms with van der Waals surface area (Å²) < 4.78 is 17.5. The molecule has 0 bridgehead atoms. The zero-order valence-electron chi connectivity index (χ0n) is 26.0. The summed E-state index contributed by atoms with van der Waals surface area (Å²) in [7, 11) is 1.65. The van der Waals surface area contributed by atoms with Crippen molar-refractivity contribution in [3.05, 3.63) is 83.6 Å². The monoisotopic (exact) mass is 613 g/mol. The van der Waals surface area contributed by atoms with Crippen molar-refractivity contribution in [1.82, 2.24) is 9.88 Å². The van der Waals surface area contributed by atoms with E-state index < -0.39 is 5.97 Å². The first kappa shape index (κ1) is 30.9. The second kappa shape index (κ2) is 14.3. The Morgan fingerprint density at radius 1 is 1.02 bits per heavy atom. The van der Waals surface area contributed by atoms with Gasteiger partial charge in [0.2, 0.25) is 5.88 Å². The summed E-state index contributed by atoms with van der Waals surface area (Å²) in [6.45, 7) is 3.77. The van der Waals surface area contributed by atoms with Gasteiger partial charge < -0.3 is 29.1 Å². The number of morpholine rings is 1. The van der Waals surface area contributed by atoms with Gasteiger partial charge in [0.05, 0.1) is 50.6 Å². The van der Waals surface area contributed by atoms with Crippen LogP contribution in [0.1, 0.15) is 59.5 Å². The molecule has 2 aromatic carbocycles. The van der Waals surface area contributed by atoms with Gasteiger partial charge in [0, 0.05) is 38.0 Å². The lowest BCUT2D eigenvalue weighted by molar-refractivity contribution is -0.137. The topological polar surface area (TPSA) is 101 Å². The lowest BCUT2D eigenvalue weighted by atomic mass is 9.92. The van der Waals surface area contributed by atoms with Gasteiger partial charge in [0.1, 0.15) is 5.75 Å². The minimum Gasteiger partial charge on any atom is -0.497 e. The molecule has 3 aliphatic rings. The van der Waals surface area contributed by atoms with Crippen LogP contribution >= 0.6 is 0 Å². The number of carboxylic acid groups (broad SMARTS) is 1. The van der Waals surface area contributed by atoms with Crippen molar-refractivity contribution >= 4 is 17.6 Å². The normalized spacial score (nSPS) is 19.6. The van der Waals surface area contributed by atoms with E-state index in [1.807, 2.05) is 53.4 Å². The standard InChI is InChI=1S/C36H43N3O6/c1-43-30-9-10-31(36(42)39-17-18-44-24-29(39)19-25-5-3-2-4-6-25)33(21-30)38-15-12-26(13-16-38)23-45-34-20-28(11-14-37-34)32(22-35(40)41)27-7-8-27/h2-6,9-11,14,20-21,26-27,29,32H,7-8,12-13,15-19,22-24H2,1H3,(H,40,41). The molecule has 238 valence electrons. The van der Waals surface area contributed by atoms with Crippen molar-refractivity contribution in [3.63, 3.8) is 0 Å². The van der Waals surface area contributed by atoms with Crippen LogP contribution < -0.4 is 14.4 Å². The molecule has 2 saturated heterocycles. The summed E-state index contributed by atoms with van der Waals surface area (Å²) in [5, 5.41) is 9.39. The van der Waals surface area contributed by atoms with E-state index >= 15 is 0 Å². The molecule has 3 aromatic rings. The highest BCUT2D eigenvalue weighted by molar-refractivity contribution is 6.00. The zero-order valence-corrected chi connectivity index (χ0v) is 26.0. The van der Waals surface area contributed by atoms with Crippen LogP contribution in [-0.4, -0.2) is 79.5 Å². The van der Waals surface area contributed by atoms with Gasteiger partial charge in [-0.3, -0.25) is 9.59 Å². The van der Waals surface area contributed by atoms with E-state index in [0.717, 1.165) is 62.2 Å². The molecule has 45 heavy (non-hydrogen) atoms. The molecule has 9 nitrogen and oxygen atoms in total. The average Bonchev–Trinajstić information content (AvgIpc) is 3.92. The highest BCUT2D eigenvalue weighted by atomic mass is 16.5. The van der Waals surface area contributed by atoms with Gasteiger partial charge >= 0.3 is 5.97 Å². The van der Waals surface area contributed by atoms with Gasteiger partial charge in [-0.2, -0.15) is 0 Å². The van der Waals surface area contributed by atoms with Gasteiger partial charge in [-0.1, -0.05) is 30.3 Å². The van der Waals surface area contributed by atoms with E-state index in [1.165, 1.54) is 5.56 Å². The Morgan fingerprint density at radius 2 is 1.82 bits per heavy atom. The SMILES string of the molecule is COc1ccc(C(=O)N2CCOCC2Cc2ccccc2)c(N2CCC(COc3cc(C(CC(=O)O)C4CC4)ccn3)CC2)c1. The van der Waals surface area contributed by atoms with Gasteiger partial charge in [-0.25, -0.2) is 4.98 Å². The number of carbonyl (C=O) groups is 2. The van der Waals surface area contributed by atoms with Crippen LogP contribution in [0.15, 0.2) is 66.9 Å². The third-order valence-electron chi connectivity index (χ3n) is 9.43. The van der Waals surface area contributed by atoms with Gasteiger partial charge in [-0.15, -0.1) is 0 Å². The Hall–Kier alpha value is -4.11. The van der Waals surface area contributed by atoms with Crippen LogP contribution in [0.4, 0.5) is 5.69 Å². The van der Waals surface area contributed by atoms with Gasteiger partial charge in [0.25, 0.3) is 5.91 Å². The van der Waals surface area contributed by atoms with Crippen molar-refractivity contribution in [1.29, 1.82) is 0 Å². The first-order valence-electron chi connectivity index (χ1n) is 16.1. The number of methoxy groups -OCH3 is 1. The van der Waals surface area contributed by atoms with E-state index in [9.17, 15) is 14.7 Å². The maximum absolute atomic E-state index is 14.1. The molecule has 9 heteroatoms. The van der Waals surface area contributed by atoms with Gasteiger partial charge in [-0.05, 0) is 79.2 Å². The number of aliphatic carboxylic acids is 1. The fraction of sp³-hybridized carbons (Fsp3) is 0.472. The number of benzene rings is 2. The van der Waals surface area contributed by atoms with E-state index in [1.54, 1.807) is 13.3 Å². The number of amides is 1. The molecule has 1 aliphatic carbocycles. The Kier molecular flexibility index (Phi) is 9.84. The maximum atomic E-state index is 14.1. The number of aromatic nitrogens is 1. The number of pyridine rings is 1. The second-order valence-corrected chi connectivity index (χ2v) is 12.5. The molecule has 1 aromatic heterocycles. The Balaban J connectivity index is 1.10. The molecule has 0 radical (unpaired) electrons. The van der Waals surface area contributed by atoms with Crippen LogP contribution in [0, 0.1) is 11.8 Å². The lowest BCUT2D eigenvalue weighted by Gasteiger charge is -2.38. The number of hydrogen-bond donors (Lipinski definition) is 1. The van der Waals surface area contributed by atoms with Crippen molar-refractivity contribution in [2.45, 2.75) is 50.5 Å². The van der Waals surface area contributed by atoms with E-state index in [2.05, 4.69) is 22.0 Å². The minimum atomic E-state index is -0.768. The fourth-order valence-electron chi connectivity index (χ4n) is 6.73. The second-order valence-electron chi connectivity index (χ2n) is 12.5. The first-order chi connectivity index (χ1) is 22.0. The van der Waals surface area contributed by atoms with Crippen molar-refractivity contribution in [3.8, 4) is 11.6 Å². The van der Waals surface area contributed by atoms with E-state index in [4.69, 9.17) is 14.2 Å². The maximum Gasteiger partial charge on any atom is 0.303 e. The zero-order chi connectivity index (χ0) is 31.2. The van der Waals surface area contributed by atoms with Crippen molar-refractivity contribution < 1.29 is 28.9 Å². The largest absolute Gasteiger partial charge is 0.497 e. The predicted molar refractivity (Wildman–Crippen MR) is 171 cm³/mol. The van der Waals surface area contributed by atoms with Crippen molar-refractivity contribution in [2.75, 3.05) is 51.5 Å². The highest BCUT2D eigenvalue weighted by Gasteiger charge is 2.34. The number of rotatable bonds is 12. The molecule has 3 heterocycles. The smallest absolute Gasteiger partial charge is 0.303 e. The third kappa shape index (κ3) is 7.76. The Bertz CT molecular complexity index is 1450. The van der Waals surface area contributed by atoms with Crippen molar-refractivity contribution in [2.24, 2.45) is 11.8 Å². The van der Waals surface area contributed by atoms with Crippen LogP contribution in [0.5, 0.6) is 11.6 Å². The predicted octanol–water partition coefficient (Wildman–Crippen LogP) is 5.44. The summed E-state index contributed by atoms with van der Waals surface area (Å²) >= 11 is 0. The molecule has 1 N–H and O–H groups in total. The molecule has 1 amide bonds. The van der Waals surface area contributed by atoms with Crippen LogP contribution in [0.25, 0.3) is 0 Å². The first-order valence-corrected chi connectivity index (χ1v) is 16.1. The number of carboxylic acids is 1. The molecule has 1 saturated carbocycles. The summed E-state index contributed by atoms with van der Waals surface area (Å²) in [5.74, 6) is 1.35. The Labute approximate surface area is 265 Å². The average molecular weight is 614 g/mol. The Morgan fingerprint density at radius 3 is 2.56 bits per heavy atom. The van der Waals surface area contributed by atoms with E-state index in [0.29, 0.717) is 49.6 Å².